The number of pyridine rings is 2. The summed E-state index contributed by atoms with van der Waals surface area (Å²) in [6.07, 6.45) is 2.86. The summed E-state index contributed by atoms with van der Waals surface area (Å²) in [5.41, 5.74) is 5.93. The number of hydrogen-bond donors (Lipinski definition) is 3. The van der Waals surface area contributed by atoms with Gasteiger partial charge >= 0.3 is 0 Å². The van der Waals surface area contributed by atoms with Crippen LogP contribution in [-0.4, -0.2) is 46.6 Å². The quantitative estimate of drug-likeness (QED) is 0.568. The summed E-state index contributed by atoms with van der Waals surface area (Å²) in [4.78, 5) is 54.6. The Morgan fingerprint density at radius 3 is 2.64 bits per heavy atom. The van der Waals surface area contributed by atoms with Gasteiger partial charge in [-0.3, -0.25) is 24.2 Å². The SMILES string of the molecule is CNC(=O)C(=O)CCC(NC(=O)c1ccc2cnccc2n1)C(N)=O. The number of nitrogens with one attached hydrogen (secondary N) is 2. The number of nitrogens with two attached hydrogens (primary N) is 1. The summed E-state index contributed by atoms with van der Waals surface area (Å²) in [6.45, 7) is 0. The predicted molar refractivity (Wildman–Crippen MR) is 88.3 cm³/mol. The maximum Gasteiger partial charge on any atom is 0.287 e. The number of carbonyl (C=O) groups is 4. The van der Waals surface area contributed by atoms with Gasteiger partial charge in [-0.15, -0.1) is 0 Å². The van der Waals surface area contributed by atoms with Crippen LogP contribution in [0.4, 0.5) is 0 Å². The number of hydrogen-bond acceptors (Lipinski definition) is 6. The lowest BCUT2D eigenvalue weighted by molar-refractivity contribution is -0.137. The maximum atomic E-state index is 12.3. The lowest BCUT2D eigenvalue weighted by Gasteiger charge is -2.14. The summed E-state index contributed by atoms with van der Waals surface area (Å²) < 4.78 is 0. The summed E-state index contributed by atoms with van der Waals surface area (Å²) in [7, 11) is 1.33. The van der Waals surface area contributed by atoms with Crippen molar-refractivity contribution >= 4 is 34.4 Å². The van der Waals surface area contributed by atoms with Crippen LogP contribution in [0.1, 0.15) is 23.3 Å². The van der Waals surface area contributed by atoms with Crippen molar-refractivity contribution in [2.45, 2.75) is 18.9 Å². The third-order valence-electron chi connectivity index (χ3n) is 3.51. The Morgan fingerprint density at radius 2 is 1.96 bits per heavy atom. The van der Waals surface area contributed by atoms with Gasteiger partial charge in [0.15, 0.2) is 0 Å². The number of carbonyl (C=O) groups excluding carboxylic acids is 4. The van der Waals surface area contributed by atoms with Crippen molar-refractivity contribution in [3.05, 3.63) is 36.3 Å². The van der Waals surface area contributed by atoms with Gasteiger partial charge in [-0.1, -0.05) is 0 Å². The zero-order valence-electron chi connectivity index (χ0n) is 13.5. The van der Waals surface area contributed by atoms with Crippen molar-refractivity contribution in [2.75, 3.05) is 7.05 Å². The molecule has 0 saturated heterocycles. The lowest BCUT2D eigenvalue weighted by atomic mass is 10.1. The number of nitrogens with zero attached hydrogens (tertiary/aromatic N) is 2. The van der Waals surface area contributed by atoms with Crippen molar-refractivity contribution in [1.82, 2.24) is 20.6 Å². The maximum absolute atomic E-state index is 12.3. The largest absolute Gasteiger partial charge is 0.368 e. The Labute approximate surface area is 143 Å². The fraction of sp³-hybridized carbons (Fsp3) is 0.250. The molecule has 2 aromatic rings. The van der Waals surface area contributed by atoms with Crippen LogP contribution in [0, 0.1) is 0 Å². The van der Waals surface area contributed by atoms with Gasteiger partial charge in [0, 0.05) is 31.2 Å². The molecule has 3 amide bonds. The van der Waals surface area contributed by atoms with E-state index in [1.54, 1.807) is 24.5 Å². The second-order valence-electron chi connectivity index (χ2n) is 5.23. The highest BCUT2D eigenvalue weighted by molar-refractivity contribution is 6.36. The van der Waals surface area contributed by atoms with E-state index in [0.717, 1.165) is 5.39 Å². The molecule has 2 rings (SSSR count). The van der Waals surface area contributed by atoms with Gasteiger partial charge in [0.05, 0.1) is 5.52 Å². The average molecular weight is 343 g/mol. The van der Waals surface area contributed by atoms with E-state index in [1.165, 1.54) is 13.1 Å². The van der Waals surface area contributed by atoms with Crippen LogP contribution < -0.4 is 16.4 Å². The van der Waals surface area contributed by atoms with E-state index in [9.17, 15) is 19.2 Å². The Bertz CT molecular complexity index is 836. The van der Waals surface area contributed by atoms with Crippen LogP contribution in [0.15, 0.2) is 30.6 Å². The molecular weight excluding hydrogens is 326 g/mol. The number of fused-ring (bicyclic) bond motifs is 1. The number of aromatic nitrogens is 2. The van der Waals surface area contributed by atoms with Gasteiger partial charge in [0.1, 0.15) is 11.7 Å². The van der Waals surface area contributed by atoms with Gasteiger partial charge < -0.3 is 16.4 Å². The Hall–Kier alpha value is -3.36. The Kier molecular flexibility index (Phi) is 5.72. The second-order valence-corrected chi connectivity index (χ2v) is 5.23. The highest BCUT2D eigenvalue weighted by Gasteiger charge is 2.22. The van der Waals surface area contributed by atoms with E-state index in [2.05, 4.69) is 20.6 Å². The normalized spacial score (nSPS) is 11.6. The van der Waals surface area contributed by atoms with E-state index < -0.39 is 29.5 Å². The lowest BCUT2D eigenvalue weighted by Crippen LogP contribution is -2.45. The molecule has 0 saturated carbocycles. The molecule has 0 aliphatic carbocycles. The third kappa shape index (κ3) is 4.56. The molecule has 0 bridgehead atoms. The molecule has 0 aliphatic rings. The molecule has 9 nitrogen and oxygen atoms in total. The summed E-state index contributed by atoms with van der Waals surface area (Å²) in [5.74, 6) is -2.86. The smallest absolute Gasteiger partial charge is 0.287 e. The highest BCUT2D eigenvalue weighted by atomic mass is 16.2. The fourth-order valence-electron chi connectivity index (χ4n) is 2.14. The first-order chi connectivity index (χ1) is 11.9. The topological polar surface area (TPSA) is 144 Å². The first-order valence-electron chi connectivity index (χ1n) is 7.48. The van der Waals surface area contributed by atoms with Crippen LogP contribution in [0.25, 0.3) is 10.9 Å². The van der Waals surface area contributed by atoms with Crippen molar-refractivity contribution in [3.8, 4) is 0 Å². The molecule has 4 N–H and O–H groups in total. The molecule has 0 radical (unpaired) electrons. The van der Waals surface area contributed by atoms with E-state index in [-0.39, 0.29) is 18.5 Å². The van der Waals surface area contributed by atoms with Crippen LogP contribution in [0.3, 0.4) is 0 Å². The van der Waals surface area contributed by atoms with Crippen molar-refractivity contribution in [2.24, 2.45) is 5.73 Å². The van der Waals surface area contributed by atoms with Gasteiger partial charge in [-0.05, 0) is 24.6 Å². The molecule has 9 heteroatoms. The number of rotatable bonds is 7. The predicted octanol–water partition coefficient (Wildman–Crippen LogP) is -0.691. The fourth-order valence-corrected chi connectivity index (χ4v) is 2.14. The number of Topliss-reactive ketones (excluding diaryl/α,β-unsaturated/α-hetero) is 1. The van der Waals surface area contributed by atoms with E-state index in [1.807, 2.05) is 0 Å². The Morgan fingerprint density at radius 1 is 1.20 bits per heavy atom. The molecule has 1 unspecified atom stereocenters. The summed E-state index contributed by atoms with van der Waals surface area (Å²) in [6, 6.07) is 3.74. The molecule has 1 atom stereocenters. The van der Waals surface area contributed by atoms with E-state index >= 15 is 0 Å². The minimum atomic E-state index is -1.09. The Balaban J connectivity index is 2.07. The average Bonchev–Trinajstić information content (AvgIpc) is 2.63. The zero-order chi connectivity index (χ0) is 18.4. The summed E-state index contributed by atoms with van der Waals surface area (Å²) in [5, 5.41) is 5.39. The molecule has 0 aliphatic heterocycles. The molecule has 2 aromatic heterocycles. The zero-order valence-corrected chi connectivity index (χ0v) is 13.5. The van der Waals surface area contributed by atoms with Crippen molar-refractivity contribution in [3.63, 3.8) is 0 Å². The minimum Gasteiger partial charge on any atom is -0.368 e. The second kappa shape index (κ2) is 7.95. The highest BCUT2D eigenvalue weighted by Crippen LogP contribution is 2.10. The van der Waals surface area contributed by atoms with Crippen molar-refractivity contribution < 1.29 is 19.2 Å². The summed E-state index contributed by atoms with van der Waals surface area (Å²) >= 11 is 0. The van der Waals surface area contributed by atoms with Crippen LogP contribution in [0.5, 0.6) is 0 Å². The van der Waals surface area contributed by atoms with Gasteiger partial charge in [0.2, 0.25) is 11.7 Å². The van der Waals surface area contributed by atoms with Crippen molar-refractivity contribution in [1.29, 1.82) is 0 Å². The first kappa shape index (κ1) is 18.0. The van der Waals surface area contributed by atoms with Crippen LogP contribution in [-0.2, 0) is 14.4 Å². The molecular formula is C16H17N5O4. The van der Waals surface area contributed by atoms with Crippen LogP contribution in [0.2, 0.25) is 0 Å². The molecule has 0 fully saturated rings. The number of amides is 3. The monoisotopic (exact) mass is 343 g/mol. The van der Waals surface area contributed by atoms with Crippen LogP contribution >= 0.6 is 0 Å². The molecule has 25 heavy (non-hydrogen) atoms. The number of primary amides is 1. The van der Waals surface area contributed by atoms with Gasteiger partial charge in [0.25, 0.3) is 11.8 Å². The number of ketones is 1. The standard InChI is InChI=1S/C16H17N5O4/c1-18-16(25)13(22)5-4-11(14(17)23)21-15(24)12-3-2-9-8-19-7-6-10(9)20-12/h2-3,6-8,11H,4-5H2,1H3,(H2,17,23)(H,18,25)(H,21,24). The molecule has 2 heterocycles. The van der Waals surface area contributed by atoms with Gasteiger partial charge in [-0.25, -0.2) is 4.98 Å². The number of likely N-dealkylation sites (N-methyl/N-ethyl adjacent to an activating group) is 1. The molecule has 0 aromatic carbocycles. The van der Waals surface area contributed by atoms with E-state index in [4.69, 9.17) is 5.73 Å². The third-order valence-corrected chi connectivity index (χ3v) is 3.51. The van der Waals surface area contributed by atoms with E-state index in [0.29, 0.717) is 5.52 Å². The first-order valence-corrected chi connectivity index (χ1v) is 7.48. The molecule has 0 spiro atoms. The van der Waals surface area contributed by atoms with Gasteiger partial charge in [-0.2, -0.15) is 0 Å². The minimum absolute atomic E-state index is 0.0785. The molecule has 130 valence electrons.